The van der Waals surface area contributed by atoms with Gasteiger partial charge in [-0.2, -0.15) is 0 Å². The Kier molecular flexibility index (Phi) is 2.13. The first-order valence-electron chi connectivity index (χ1n) is 5.48. The van der Waals surface area contributed by atoms with E-state index in [0.29, 0.717) is 18.4 Å². The molecule has 1 N–H and O–H groups in total. The first kappa shape index (κ1) is 9.16. The fourth-order valence-electron chi connectivity index (χ4n) is 2.70. The van der Waals surface area contributed by atoms with E-state index in [1.165, 1.54) is 6.07 Å². The van der Waals surface area contributed by atoms with E-state index in [1.807, 2.05) is 6.07 Å². The molecule has 0 aliphatic carbocycles. The molecular formula is C12H14FNO. The maximum atomic E-state index is 13.8. The van der Waals surface area contributed by atoms with Crippen molar-refractivity contribution >= 4 is 0 Å². The Balaban J connectivity index is 2.10. The molecule has 2 heterocycles. The van der Waals surface area contributed by atoms with Crippen molar-refractivity contribution in [1.82, 2.24) is 5.32 Å². The second-order valence-electron chi connectivity index (χ2n) is 4.31. The van der Waals surface area contributed by atoms with Gasteiger partial charge in [0, 0.05) is 18.0 Å². The molecule has 1 aromatic rings. The highest BCUT2D eigenvalue weighted by atomic mass is 19.1. The highest BCUT2D eigenvalue weighted by molar-refractivity contribution is 5.39. The number of ether oxygens (including phenoxy) is 1. The Bertz CT molecular complexity index is 380. The van der Waals surface area contributed by atoms with Gasteiger partial charge >= 0.3 is 0 Å². The molecule has 0 unspecified atom stereocenters. The third-order valence-electron chi connectivity index (χ3n) is 3.47. The number of benzene rings is 1. The molecule has 0 spiro atoms. The Morgan fingerprint density at radius 1 is 1.33 bits per heavy atom. The molecule has 15 heavy (non-hydrogen) atoms. The predicted octanol–water partition coefficient (Wildman–Crippen LogP) is 1.91. The summed E-state index contributed by atoms with van der Waals surface area (Å²) in [5.41, 5.74) is 0.782. The van der Waals surface area contributed by atoms with Gasteiger partial charge in [0.25, 0.3) is 0 Å². The van der Waals surface area contributed by atoms with Crippen molar-refractivity contribution < 1.29 is 9.13 Å². The van der Waals surface area contributed by atoms with Gasteiger partial charge in [0.15, 0.2) is 0 Å². The number of rotatable bonds is 0. The van der Waals surface area contributed by atoms with Crippen LogP contribution in [0.4, 0.5) is 4.39 Å². The van der Waals surface area contributed by atoms with Crippen molar-refractivity contribution in [2.75, 3.05) is 19.7 Å². The summed E-state index contributed by atoms with van der Waals surface area (Å²) in [5, 5.41) is 3.34. The van der Waals surface area contributed by atoms with Crippen LogP contribution in [-0.4, -0.2) is 19.7 Å². The van der Waals surface area contributed by atoms with E-state index in [4.69, 9.17) is 4.74 Å². The van der Waals surface area contributed by atoms with E-state index in [1.54, 1.807) is 6.07 Å². The lowest BCUT2D eigenvalue weighted by Crippen LogP contribution is -2.11. The molecule has 0 saturated carbocycles. The van der Waals surface area contributed by atoms with E-state index < -0.39 is 0 Å². The lowest BCUT2D eigenvalue weighted by Gasteiger charge is -2.16. The minimum absolute atomic E-state index is 0.117. The molecule has 3 heteroatoms. The highest BCUT2D eigenvalue weighted by Gasteiger charge is 2.34. The first-order chi connectivity index (χ1) is 7.36. The summed E-state index contributed by atoms with van der Waals surface area (Å²) in [6.45, 7) is 2.57. The Labute approximate surface area is 88.4 Å². The lowest BCUT2D eigenvalue weighted by atomic mass is 9.87. The van der Waals surface area contributed by atoms with E-state index in [-0.39, 0.29) is 5.82 Å². The summed E-state index contributed by atoms with van der Waals surface area (Å²) in [6.07, 6.45) is 1.02. The second kappa shape index (κ2) is 3.49. The molecule has 2 nitrogen and oxygen atoms in total. The largest absolute Gasteiger partial charge is 0.493 e. The fourth-order valence-corrected chi connectivity index (χ4v) is 2.70. The van der Waals surface area contributed by atoms with Crippen molar-refractivity contribution in [3.63, 3.8) is 0 Å². The van der Waals surface area contributed by atoms with Crippen LogP contribution in [0.25, 0.3) is 0 Å². The van der Waals surface area contributed by atoms with Gasteiger partial charge in [-0.15, -0.1) is 0 Å². The van der Waals surface area contributed by atoms with E-state index in [2.05, 4.69) is 5.32 Å². The van der Waals surface area contributed by atoms with Crippen LogP contribution in [0.5, 0.6) is 5.75 Å². The van der Waals surface area contributed by atoms with Crippen molar-refractivity contribution in [1.29, 1.82) is 0 Å². The normalized spacial score (nSPS) is 28.9. The quantitative estimate of drug-likeness (QED) is 0.701. The Hall–Kier alpha value is -1.09. The maximum absolute atomic E-state index is 13.8. The van der Waals surface area contributed by atoms with Crippen LogP contribution in [0, 0.1) is 11.7 Å². The average Bonchev–Trinajstić information content (AvgIpc) is 2.60. The zero-order valence-corrected chi connectivity index (χ0v) is 8.50. The summed E-state index contributed by atoms with van der Waals surface area (Å²) >= 11 is 0. The molecule has 0 amide bonds. The number of hydrogen-bond acceptors (Lipinski definition) is 2. The molecule has 3 rings (SSSR count). The van der Waals surface area contributed by atoms with E-state index in [0.717, 1.165) is 30.8 Å². The summed E-state index contributed by atoms with van der Waals surface area (Å²) in [4.78, 5) is 0. The van der Waals surface area contributed by atoms with Crippen LogP contribution < -0.4 is 10.1 Å². The smallest absolute Gasteiger partial charge is 0.130 e. The zero-order valence-electron chi connectivity index (χ0n) is 8.50. The molecular weight excluding hydrogens is 193 g/mol. The number of hydrogen-bond donors (Lipinski definition) is 1. The van der Waals surface area contributed by atoms with Gasteiger partial charge in [-0.05, 0) is 31.0 Å². The minimum Gasteiger partial charge on any atom is -0.493 e. The average molecular weight is 207 g/mol. The van der Waals surface area contributed by atoms with Gasteiger partial charge in [-0.3, -0.25) is 0 Å². The number of halogens is 1. The summed E-state index contributed by atoms with van der Waals surface area (Å²) in [6, 6.07) is 5.12. The van der Waals surface area contributed by atoms with Crippen LogP contribution in [0.1, 0.15) is 17.9 Å². The van der Waals surface area contributed by atoms with Gasteiger partial charge in [0.1, 0.15) is 11.6 Å². The van der Waals surface area contributed by atoms with Gasteiger partial charge in [0.05, 0.1) is 6.61 Å². The minimum atomic E-state index is -0.117. The van der Waals surface area contributed by atoms with Crippen molar-refractivity contribution in [2.24, 2.45) is 5.92 Å². The first-order valence-corrected chi connectivity index (χ1v) is 5.48. The van der Waals surface area contributed by atoms with Gasteiger partial charge in [-0.25, -0.2) is 4.39 Å². The summed E-state index contributed by atoms with van der Waals surface area (Å²) in [5.74, 6) is 1.45. The Morgan fingerprint density at radius 2 is 2.27 bits per heavy atom. The molecule has 80 valence electrons. The number of fused-ring (bicyclic) bond motifs is 3. The molecule has 1 saturated heterocycles. The maximum Gasteiger partial charge on any atom is 0.130 e. The molecule has 1 fully saturated rings. The monoisotopic (exact) mass is 207 g/mol. The molecule has 2 aliphatic heterocycles. The fraction of sp³-hybridized carbons (Fsp3) is 0.500. The molecule has 1 aromatic carbocycles. The zero-order chi connectivity index (χ0) is 10.3. The predicted molar refractivity (Wildman–Crippen MR) is 55.6 cm³/mol. The molecule has 0 aromatic heterocycles. The molecule has 2 aliphatic rings. The van der Waals surface area contributed by atoms with Gasteiger partial charge < -0.3 is 10.1 Å². The number of nitrogens with one attached hydrogen (secondary N) is 1. The van der Waals surface area contributed by atoms with Crippen LogP contribution in [0.3, 0.4) is 0 Å². The highest BCUT2D eigenvalue weighted by Crippen LogP contribution is 2.39. The molecule has 2 atom stereocenters. The van der Waals surface area contributed by atoms with Crippen molar-refractivity contribution in [3.05, 3.63) is 29.6 Å². The lowest BCUT2D eigenvalue weighted by molar-refractivity contribution is 0.296. The second-order valence-corrected chi connectivity index (χ2v) is 4.31. The van der Waals surface area contributed by atoms with Crippen LogP contribution in [-0.2, 0) is 0 Å². The van der Waals surface area contributed by atoms with Crippen molar-refractivity contribution in [3.8, 4) is 5.75 Å². The van der Waals surface area contributed by atoms with Crippen molar-refractivity contribution in [2.45, 2.75) is 12.3 Å². The third-order valence-corrected chi connectivity index (χ3v) is 3.47. The van der Waals surface area contributed by atoms with Crippen LogP contribution >= 0.6 is 0 Å². The van der Waals surface area contributed by atoms with Gasteiger partial charge in [-0.1, -0.05) is 6.07 Å². The summed E-state index contributed by atoms with van der Waals surface area (Å²) in [7, 11) is 0. The SMILES string of the molecule is Fc1cccc2c1[C@@H]1CNC[C@H]1CCO2. The van der Waals surface area contributed by atoms with Crippen LogP contribution in [0.2, 0.25) is 0 Å². The van der Waals surface area contributed by atoms with E-state index >= 15 is 0 Å². The Morgan fingerprint density at radius 3 is 3.20 bits per heavy atom. The summed E-state index contributed by atoms with van der Waals surface area (Å²) < 4.78 is 19.4. The topological polar surface area (TPSA) is 21.3 Å². The van der Waals surface area contributed by atoms with Crippen LogP contribution in [0.15, 0.2) is 18.2 Å². The standard InChI is InChI=1S/C12H14FNO/c13-10-2-1-3-11-12(10)9-7-14-6-8(9)4-5-15-11/h1-3,8-9,14H,4-7H2/t8-,9-/m1/s1. The molecule has 0 bridgehead atoms. The van der Waals surface area contributed by atoms with E-state index in [9.17, 15) is 4.39 Å². The third kappa shape index (κ3) is 1.42. The molecule has 0 radical (unpaired) electrons. The van der Waals surface area contributed by atoms with Gasteiger partial charge in [0.2, 0.25) is 0 Å².